The van der Waals surface area contributed by atoms with Gasteiger partial charge < -0.3 is 4.74 Å². The van der Waals surface area contributed by atoms with E-state index < -0.39 is 0 Å². The van der Waals surface area contributed by atoms with Gasteiger partial charge in [0.15, 0.2) is 0 Å². The minimum absolute atomic E-state index is 0.379. The van der Waals surface area contributed by atoms with Gasteiger partial charge >= 0.3 is 5.97 Å². The number of hydrogen-bond acceptors (Lipinski definition) is 4. The van der Waals surface area contributed by atoms with Crippen molar-refractivity contribution in [3.05, 3.63) is 18.0 Å². The van der Waals surface area contributed by atoms with Crippen LogP contribution in [0.3, 0.4) is 0 Å². The fourth-order valence-corrected chi connectivity index (χ4v) is 1.94. The summed E-state index contributed by atoms with van der Waals surface area (Å²) in [4.78, 5) is 10.9. The van der Waals surface area contributed by atoms with Gasteiger partial charge in [-0.15, -0.1) is 5.10 Å². The topological polar surface area (TPSA) is 57.0 Å². The number of carbonyl (C=O) groups excluding carboxylic acids is 1. The third-order valence-electron chi connectivity index (χ3n) is 2.82. The Morgan fingerprint density at radius 2 is 2.31 bits per heavy atom. The summed E-state index contributed by atoms with van der Waals surface area (Å²) in [6.07, 6.45) is 9.70. The molecule has 0 radical (unpaired) electrons. The highest BCUT2D eigenvalue weighted by atomic mass is 16.5. The molecule has 2 rings (SSSR count). The Morgan fingerprint density at radius 3 is 3.00 bits per heavy atom. The van der Waals surface area contributed by atoms with E-state index in [0.717, 1.165) is 0 Å². The number of esters is 1. The number of methoxy groups -OCH3 is 1. The number of hydrogen-bond donors (Lipinski definition) is 0. The number of rotatable bonds is 3. The van der Waals surface area contributed by atoms with Gasteiger partial charge in [0.25, 0.3) is 0 Å². The zero-order chi connectivity index (χ0) is 11.4. The maximum atomic E-state index is 10.9. The number of aromatic nitrogens is 3. The summed E-state index contributed by atoms with van der Waals surface area (Å²) in [7, 11) is 1.35. The molecule has 0 aromatic carbocycles. The molecular formula is C11H15N3O2. The molecule has 1 aliphatic rings. The minimum atomic E-state index is -0.379. The number of carbonyl (C=O) groups is 1. The molecule has 1 saturated carbocycles. The van der Waals surface area contributed by atoms with Gasteiger partial charge in [0.05, 0.1) is 19.3 Å². The summed E-state index contributed by atoms with van der Waals surface area (Å²) in [5, 5.41) is 8.05. The Balaban J connectivity index is 2.01. The van der Waals surface area contributed by atoms with Gasteiger partial charge in [-0.25, -0.2) is 9.48 Å². The molecule has 86 valence electrons. The first-order valence-electron chi connectivity index (χ1n) is 5.47. The molecule has 16 heavy (non-hydrogen) atoms. The quantitative estimate of drug-likeness (QED) is 0.574. The third-order valence-corrected chi connectivity index (χ3v) is 2.82. The van der Waals surface area contributed by atoms with E-state index in [1.165, 1.54) is 38.9 Å². The second-order valence-corrected chi connectivity index (χ2v) is 3.92. The molecule has 5 heteroatoms. The van der Waals surface area contributed by atoms with Crippen molar-refractivity contribution in [1.82, 2.24) is 15.0 Å². The van der Waals surface area contributed by atoms with Gasteiger partial charge in [0.1, 0.15) is 5.69 Å². The van der Waals surface area contributed by atoms with Crippen LogP contribution in [0.25, 0.3) is 6.08 Å². The molecule has 0 unspecified atom stereocenters. The molecule has 0 N–H and O–H groups in total. The van der Waals surface area contributed by atoms with Crippen LogP contribution in [0.4, 0.5) is 0 Å². The molecule has 0 saturated heterocycles. The maximum absolute atomic E-state index is 10.9. The van der Waals surface area contributed by atoms with E-state index in [-0.39, 0.29) is 5.97 Å². The lowest BCUT2D eigenvalue weighted by Crippen LogP contribution is -2.04. The van der Waals surface area contributed by atoms with E-state index in [9.17, 15) is 4.79 Å². The maximum Gasteiger partial charge on any atom is 0.330 e. The van der Waals surface area contributed by atoms with Crippen LogP contribution in [0.15, 0.2) is 12.3 Å². The first kappa shape index (κ1) is 10.9. The highest BCUT2D eigenvalue weighted by Gasteiger charge is 2.17. The first-order chi connectivity index (χ1) is 7.79. The molecule has 1 fully saturated rings. The average Bonchev–Trinajstić information content (AvgIpc) is 2.95. The third kappa shape index (κ3) is 2.48. The summed E-state index contributed by atoms with van der Waals surface area (Å²) < 4.78 is 6.39. The molecular weight excluding hydrogens is 206 g/mol. The Morgan fingerprint density at radius 1 is 1.56 bits per heavy atom. The second-order valence-electron chi connectivity index (χ2n) is 3.92. The monoisotopic (exact) mass is 221 g/mol. The van der Waals surface area contributed by atoms with Crippen molar-refractivity contribution in [2.24, 2.45) is 0 Å². The molecule has 0 bridgehead atoms. The average molecular weight is 221 g/mol. The van der Waals surface area contributed by atoms with E-state index in [1.54, 1.807) is 6.08 Å². The molecule has 0 amide bonds. The first-order valence-corrected chi connectivity index (χ1v) is 5.47. The van der Waals surface area contributed by atoms with Crippen LogP contribution in [-0.2, 0) is 9.53 Å². The molecule has 0 spiro atoms. The predicted octanol–water partition coefficient (Wildman–Crippen LogP) is 1.58. The molecule has 5 nitrogen and oxygen atoms in total. The van der Waals surface area contributed by atoms with Crippen molar-refractivity contribution < 1.29 is 9.53 Å². The second kappa shape index (κ2) is 4.92. The summed E-state index contributed by atoms with van der Waals surface area (Å²) >= 11 is 0. The van der Waals surface area contributed by atoms with E-state index in [4.69, 9.17) is 0 Å². The van der Waals surface area contributed by atoms with Crippen LogP contribution in [0, 0.1) is 0 Å². The zero-order valence-corrected chi connectivity index (χ0v) is 9.30. The Bertz CT molecular complexity index is 392. The van der Waals surface area contributed by atoms with Crippen molar-refractivity contribution in [2.75, 3.05) is 7.11 Å². The van der Waals surface area contributed by atoms with Gasteiger partial charge in [-0.2, -0.15) is 0 Å². The van der Waals surface area contributed by atoms with Gasteiger partial charge in [-0.05, 0) is 18.9 Å². The van der Waals surface area contributed by atoms with E-state index in [1.807, 2.05) is 10.9 Å². The Hall–Kier alpha value is -1.65. The lowest BCUT2D eigenvalue weighted by molar-refractivity contribution is -0.134. The normalized spacial score (nSPS) is 17.1. The van der Waals surface area contributed by atoms with Gasteiger partial charge in [-0.3, -0.25) is 0 Å². The zero-order valence-electron chi connectivity index (χ0n) is 9.30. The minimum Gasteiger partial charge on any atom is -0.466 e. The Kier molecular flexibility index (Phi) is 3.34. The largest absolute Gasteiger partial charge is 0.466 e. The summed E-state index contributed by atoms with van der Waals surface area (Å²) in [5.74, 6) is -0.379. The standard InChI is InChI=1S/C11H15N3O2/c1-16-11(15)7-6-9-8-14(13-12-9)10-4-2-3-5-10/h6-8,10H,2-5H2,1H3/b7-6-. The fourth-order valence-electron chi connectivity index (χ4n) is 1.94. The highest BCUT2D eigenvalue weighted by molar-refractivity contribution is 5.86. The van der Waals surface area contributed by atoms with Crippen molar-refractivity contribution in [2.45, 2.75) is 31.7 Å². The van der Waals surface area contributed by atoms with Crippen molar-refractivity contribution in [1.29, 1.82) is 0 Å². The summed E-state index contributed by atoms with van der Waals surface area (Å²) in [6.45, 7) is 0. The van der Waals surface area contributed by atoms with Gasteiger partial charge in [0.2, 0.25) is 0 Å². The smallest absolute Gasteiger partial charge is 0.330 e. The van der Waals surface area contributed by atoms with E-state index >= 15 is 0 Å². The van der Waals surface area contributed by atoms with Gasteiger partial charge in [0, 0.05) is 6.08 Å². The lowest BCUT2D eigenvalue weighted by atomic mass is 10.2. The molecule has 1 aromatic heterocycles. The van der Waals surface area contributed by atoms with Crippen molar-refractivity contribution >= 4 is 12.0 Å². The number of nitrogens with zero attached hydrogens (tertiary/aromatic N) is 3. The molecule has 0 aliphatic heterocycles. The van der Waals surface area contributed by atoms with Crippen LogP contribution in [0.1, 0.15) is 37.4 Å². The van der Waals surface area contributed by atoms with Crippen LogP contribution in [0.5, 0.6) is 0 Å². The fraction of sp³-hybridized carbons (Fsp3) is 0.545. The molecule has 1 aliphatic carbocycles. The van der Waals surface area contributed by atoms with Crippen LogP contribution in [-0.4, -0.2) is 28.1 Å². The summed E-state index contributed by atoms with van der Waals surface area (Å²) in [6, 6.07) is 0.479. The van der Waals surface area contributed by atoms with Crippen LogP contribution < -0.4 is 0 Å². The molecule has 1 aromatic rings. The number of ether oxygens (including phenoxy) is 1. The van der Waals surface area contributed by atoms with Gasteiger partial charge in [-0.1, -0.05) is 18.1 Å². The van der Waals surface area contributed by atoms with Crippen LogP contribution >= 0.6 is 0 Å². The highest BCUT2D eigenvalue weighted by Crippen LogP contribution is 2.28. The molecule has 1 heterocycles. The lowest BCUT2D eigenvalue weighted by Gasteiger charge is -2.06. The Labute approximate surface area is 94.1 Å². The predicted molar refractivity (Wildman–Crippen MR) is 58.6 cm³/mol. The van der Waals surface area contributed by atoms with Crippen molar-refractivity contribution in [3.8, 4) is 0 Å². The SMILES string of the molecule is COC(=O)/C=C\c1cn(C2CCCC2)nn1. The van der Waals surface area contributed by atoms with E-state index in [0.29, 0.717) is 11.7 Å². The summed E-state index contributed by atoms with van der Waals surface area (Å²) in [5.41, 5.74) is 0.692. The van der Waals surface area contributed by atoms with Crippen LogP contribution in [0.2, 0.25) is 0 Å². The molecule has 0 atom stereocenters. The van der Waals surface area contributed by atoms with Crippen molar-refractivity contribution in [3.63, 3.8) is 0 Å². The van der Waals surface area contributed by atoms with E-state index in [2.05, 4.69) is 15.0 Å².